The van der Waals surface area contributed by atoms with Crippen molar-refractivity contribution >= 4 is 24.4 Å². The van der Waals surface area contributed by atoms with Crippen molar-refractivity contribution in [1.29, 1.82) is 0 Å². The van der Waals surface area contributed by atoms with Crippen LogP contribution in [0.4, 0.5) is 8.78 Å². The largest absolute Gasteiger partial charge is 0.207 e. The van der Waals surface area contributed by atoms with E-state index in [1.54, 1.807) is 0 Å². The van der Waals surface area contributed by atoms with E-state index in [0.717, 1.165) is 24.0 Å². The van der Waals surface area contributed by atoms with Crippen molar-refractivity contribution in [2.75, 3.05) is 11.5 Å². The molecule has 0 aliphatic heterocycles. The summed E-state index contributed by atoms with van der Waals surface area (Å²) in [4.78, 5) is 0.551. The molecule has 108 valence electrons. The summed E-state index contributed by atoms with van der Waals surface area (Å²) in [5, 5.41) is 0. The van der Waals surface area contributed by atoms with Gasteiger partial charge >= 0.3 is 0 Å². The van der Waals surface area contributed by atoms with Crippen molar-refractivity contribution in [3.8, 4) is 0 Å². The summed E-state index contributed by atoms with van der Waals surface area (Å²) in [6.45, 7) is 0. The van der Waals surface area contributed by atoms with Gasteiger partial charge in [-0.1, -0.05) is 32.1 Å². The minimum Gasteiger partial charge on any atom is -0.207 e. The van der Waals surface area contributed by atoms with Gasteiger partial charge in [-0.2, -0.15) is 12.6 Å². The Balaban J connectivity index is 2.01. The molecule has 0 amide bonds. The average molecular weight is 304 g/mol. The first-order chi connectivity index (χ1) is 9.24. The van der Waals surface area contributed by atoms with Gasteiger partial charge < -0.3 is 0 Å². The lowest BCUT2D eigenvalue weighted by Crippen LogP contribution is -1.87. The van der Waals surface area contributed by atoms with E-state index in [-0.39, 0.29) is 0 Å². The molecule has 0 unspecified atom stereocenters. The van der Waals surface area contributed by atoms with Crippen molar-refractivity contribution in [1.82, 2.24) is 0 Å². The van der Waals surface area contributed by atoms with Gasteiger partial charge in [0.15, 0.2) is 0 Å². The van der Waals surface area contributed by atoms with Gasteiger partial charge in [0.05, 0.1) is 0 Å². The highest BCUT2D eigenvalue weighted by Gasteiger charge is 2.03. The molecular formula is C15H22F2S2. The third kappa shape index (κ3) is 7.83. The molecule has 0 aliphatic carbocycles. The van der Waals surface area contributed by atoms with Crippen molar-refractivity contribution in [3.05, 3.63) is 29.8 Å². The molecule has 4 heteroatoms. The fourth-order valence-electron chi connectivity index (χ4n) is 1.87. The molecule has 0 saturated heterocycles. The van der Waals surface area contributed by atoms with Gasteiger partial charge in [-0.15, -0.1) is 11.8 Å². The van der Waals surface area contributed by atoms with Crippen molar-refractivity contribution < 1.29 is 8.78 Å². The van der Waals surface area contributed by atoms with E-state index in [1.165, 1.54) is 62.4 Å². The number of thioether (sulfide) groups is 1. The predicted molar refractivity (Wildman–Crippen MR) is 83.3 cm³/mol. The normalized spacial score (nSPS) is 10.9. The van der Waals surface area contributed by atoms with Crippen LogP contribution >= 0.6 is 24.4 Å². The van der Waals surface area contributed by atoms with Gasteiger partial charge in [0, 0.05) is 11.0 Å². The Bertz CT molecular complexity index is 356. The fourth-order valence-corrected chi connectivity index (χ4v) is 3.03. The van der Waals surface area contributed by atoms with Crippen LogP contribution in [-0.2, 0) is 0 Å². The molecule has 1 aromatic carbocycles. The summed E-state index contributed by atoms with van der Waals surface area (Å²) in [7, 11) is 0. The van der Waals surface area contributed by atoms with E-state index in [2.05, 4.69) is 12.6 Å². The molecule has 0 aromatic heterocycles. The van der Waals surface area contributed by atoms with Crippen LogP contribution in [0, 0.1) is 11.6 Å². The Morgan fingerprint density at radius 3 is 2.16 bits per heavy atom. The van der Waals surface area contributed by atoms with Crippen LogP contribution in [0.3, 0.4) is 0 Å². The second-order valence-electron chi connectivity index (χ2n) is 4.62. The Hall–Kier alpha value is -0.220. The number of rotatable bonds is 10. The molecule has 0 aliphatic rings. The van der Waals surface area contributed by atoms with Crippen molar-refractivity contribution in [3.63, 3.8) is 0 Å². The standard InChI is InChI=1S/C15H22F2S2/c16-13-8-9-15(14(17)12-13)19-11-7-5-3-1-2-4-6-10-18/h8-9,12,18H,1-7,10-11H2. The zero-order valence-electron chi connectivity index (χ0n) is 11.2. The van der Waals surface area contributed by atoms with Crippen LogP contribution in [0.1, 0.15) is 44.9 Å². The van der Waals surface area contributed by atoms with Gasteiger partial charge in [-0.05, 0) is 36.5 Å². The lowest BCUT2D eigenvalue weighted by atomic mass is 10.1. The van der Waals surface area contributed by atoms with E-state index in [4.69, 9.17) is 0 Å². The smallest absolute Gasteiger partial charge is 0.139 e. The van der Waals surface area contributed by atoms with Gasteiger partial charge in [0.1, 0.15) is 11.6 Å². The van der Waals surface area contributed by atoms with Crippen molar-refractivity contribution in [2.24, 2.45) is 0 Å². The summed E-state index contributed by atoms with van der Waals surface area (Å²) in [6.07, 6.45) is 8.59. The number of benzene rings is 1. The van der Waals surface area contributed by atoms with E-state index in [9.17, 15) is 8.78 Å². The minimum absolute atomic E-state index is 0.447. The highest BCUT2D eigenvalue weighted by Crippen LogP contribution is 2.23. The quantitative estimate of drug-likeness (QED) is 0.328. The van der Waals surface area contributed by atoms with Crippen LogP contribution in [0.15, 0.2) is 23.1 Å². The highest BCUT2D eigenvalue weighted by molar-refractivity contribution is 7.99. The number of hydrogen-bond donors (Lipinski definition) is 1. The number of hydrogen-bond acceptors (Lipinski definition) is 2. The molecule has 0 heterocycles. The first-order valence-corrected chi connectivity index (χ1v) is 8.54. The maximum Gasteiger partial charge on any atom is 0.139 e. The number of unbranched alkanes of at least 4 members (excludes halogenated alkanes) is 6. The van der Waals surface area contributed by atoms with Crippen LogP contribution in [0.2, 0.25) is 0 Å². The Morgan fingerprint density at radius 2 is 1.53 bits per heavy atom. The molecule has 0 saturated carbocycles. The van der Waals surface area contributed by atoms with Crippen LogP contribution in [0.5, 0.6) is 0 Å². The lowest BCUT2D eigenvalue weighted by Gasteiger charge is -2.04. The number of halogens is 2. The highest BCUT2D eigenvalue weighted by atomic mass is 32.2. The summed E-state index contributed by atoms with van der Waals surface area (Å²) >= 11 is 5.66. The van der Waals surface area contributed by atoms with E-state index in [1.807, 2.05) is 0 Å². The first kappa shape index (κ1) is 16.8. The summed E-state index contributed by atoms with van der Waals surface area (Å²) in [5.74, 6) is 0.929. The second-order valence-corrected chi connectivity index (χ2v) is 6.21. The molecular weight excluding hydrogens is 282 g/mol. The Labute approximate surface area is 124 Å². The topological polar surface area (TPSA) is 0 Å². The van der Waals surface area contributed by atoms with Gasteiger partial charge in [-0.25, -0.2) is 8.78 Å². The maximum atomic E-state index is 13.3. The van der Waals surface area contributed by atoms with Crippen LogP contribution < -0.4 is 0 Å². The predicted octanol–water partition coefficient (Wildman–Crippen LogP) is 5.72. The van der Waals surface area contributed by atoms with E-state index >= 15 is 0 Å². The average Bonchev–Trinajstić information content (AvgIpc) is 2.39. The SMILES string of the molecule is Fc1ccc(SCCCCCCCCCS)c(F)c1. The molecule has 0 atom stereocenters. The molecule has 1 aromatic rings. The molecule has 19 heavy (non-hydrogen) atoms. The molecule has 0 nitrogen and oxygen atoms in total. The molecule has 0 radical (unpaired) electrons. The maximum absolute atomic E-state index is 13.3. The third-order valence-electron chi connectivity index (χ3n) is 2.95. The van der Waals surface area contributed by atoms with Gasteiger partial charge in [0.2, 0.25) is 0 Å². The van der Waals surface area contributed by atoms with Gasteiger partial charge in [0.25, 0.3) is 0 Å². The monoisotopic (exact) mass is 304 g/mol. The third-order valence-corrected chi connectivity index (χ3v) is 4.41. The summed E-state index contributed by atoms with van der Waals surface area (Å²) < 4.78 is 26.0. The summed E-state index contributed by atoms with van der Waals surface area (Å²) in [6, 6.07) is 3.78. The van der Waals surface area contributed by atoms with Crippen LogP contribution in [-0.4, -0.2) is 11.5 Å². The fraction of sp³-hybridized carbons (Fsp3) is 0.600. The molecule has 0 spiro atoms. The molecule has 0 N–H and O–H groups in total. The minimum atomic E-state index is -0.511. The molecule has 0 fully saturated rings. The Morgan fingerprint density at radius 1 is 0.895 bits per heavy atom. The second kappa shape index (κ2) is 10.6. The Kier molecular flexibility index (Phi) is 9.35. The van der Waals surface area contributed by atoms with E-state index < -0.39 is 11.6 Å². The first-order valence-electron chi connectivity index (χ1n) is 6.93. The zero-order chi connectivity index (χ0) is 13.9. The molecule has 1 rings (SSSR count). The molecule has 0 bridgehead atoms. The van der Waals surface area contributed by atoms with Crippen LogP contribution in [0.25, 0.3) is 0 Å². The zero-order valence-corrected chi connectivity index (χ0v) is 12.9. The van der Waals surface area contributed by atoms with E-state index in [0.29, 0.717) is 4.90 Å². The summed E-state index contributed by atoms with van der Waals surface area (Å²) in [5.41, 5.74) is 0. The lowest BCUT2D eigenvalue weighted by molar-refractivity contribution is 0.565. The van der Waals surface area contributed by atoms with Crippen molar-refractivity contribution in [2.45, 2.75) is 49.8 Å². The van der Waals surface area contributed by atoms with Gasteiger partial charge in [-0.3, -0.25) is 0 Å². The number of thiol groups is 1.